The molecule has 0 bridgehead atoms. The number of halogens is 1. The molecule has 2 N–H and O–H groups in total. The number of benzene rings is 3. The van der Waals surface area contributed by atoms with Gasteiger partial charge in [0.2, 0.25) is 5.91 Å². The molecule has 0 aliphatic carbocycles. The summed E-state index contributed by atoms with van der Waals surface area (Å²) in [5, 5.41) is 13.5. The minimum atomic E-state index is -0.362. The summed E-state index contributed by atoms with van der Waals surface area (Å²) in [6, 6.07) is 23.1. The van der Waals surface area contributed by atoms with Gasteiger partial charge in [0, 0.05) is 28.4 Å². The number of nitrogens with zero attached hydrogens (tertiary/aromatic N) is 3. The van der Waals surface area contributed by atoms with Crippen LogP contribution < -0.4 is 5.32 Å². The number of anilines is 1. The van der Waals surface area contributed by atoms with E-state index < -0.39 is 0 Å². The number of carbonyl (C=O) groups excluding carboxylic acids is 1. The normalized spacial score (nSPS) is 11.6. The van der Waals surface area contributed by atoms with Crippen molar-refractivity contribution in [2.24, 2.45) is 0 Å². The van der Waals surface area contributed by atoms with Crippen LogP contribution in [-0.4, -0.2) is 20.4 Å². The average molecular weight is 435 g/mol. The molecule has 0 saturated heterocycles. The van der Waals surface area contributed by atoms with Crippen molar-refractivity contribution in [2.75, 3.05) is 5.32 Å². The zero-order valence-electron chi connectivity index (χ0n) is 17.4. The van der Waals surface area contributed by atoms with Crippen LogP contribution in [0.15, 0.2) is 79.0 Å². The standard InChI is InChI=1S/C26H18FN5O/c27-19-9-11-20(12-10-19)29-25(33)16-32-15-18(21-5-1-4-8-24(21)32)13-17(14-28)26-30-22-6-2-3-7-23(22)31-26/h1-13,15H,16H2,(H,29,33)(H,30,31). The number of aromatic amines is 1. The van der Waals surface area contributed by atoms with Crippen molar-refractivity contribution < 1.29 is 9.18 Å². The molecule has 1 amide bonds. The number of para-hydroxylation sites is 3. The van der Waals surface area contributed by atoms with Crippen LogP contribution in [-0.2, 0) is 11.3 Å². The van der Waals surface area contributed by atoms with Gasteiger partial charge in [-0.3, -0.25) is 4.79 Å². The van der Waals surface area contributed by atoms with E-state index in [2.05, 4.69) is 21.4 Å². The van der Waals surface area contributed by atoms with Crippen LogP contribution in [0.1, 0.15) is 11.4 Å². The van der Waals surface area contributed by atoms with Gasteiger partial charge in [0.1, 0.15) is 24.3 Å². The lowest BCUT2D eigenvalue weighted by Crippen LogP contribution is -2.18. The number of carbonyl (C=O) groups is 1. The molecule has 6 nitrogen and oxygen atoms in total. The monoisotopic (exact) mass is 435 g/mol. The van der Waals surface area contributed by atoms with Crippen LogP contribution in [0.2, 0.25) is 0 Å². The third-order valence-corrected chi connectivity index (χ3v) is 5.33. The Kier molecular flexibility index (Phi) is 5.17. The Morgan fingerprint density at radius 1 is 1.09 bits per heavy atom. The van der Waals surface area contributed by atoms with Gasteiger partial charge in [-0.05, 0) is 48.5 Å². The average Bonchev–Trinajstić information content (AvgIpc) is 3.40. The number of hydrogen-bond donors (Lipinski definition) is 2. The molecular weight excluding hydrogens is 417 g/mol. The zero-order valence-corrected chi connectivity index (χ0v) is 17.4. The molecule has 3 aromatic carbocycles. The maximum absolute atomic E-state index is 13.1. The van der Waals surface area contributed by atoms with Gasteiger partial charge in [0.05, 0.1) is 16.6 Å². The maximum Gasteiger partial charge on any atom is 0.244 e. The molecule has 33 heavy (non-hydrogen) atoms. The summed E-state index contributed by atoms with van der Waals surface area (Å²) in [7, 11) is 0. The van der Waals surface area contributed by atoms with Crippen molar-refractivity contribution in [3.8, 4) is 6.07 Å². The van der Waals surface area contributed by atoms with E-state index in [9.17, 15) is 14.4 Å². The first kappa shape index (κ1) is 20.2. The van der Waals surface area contributed by atoms with Crippen molar-refractivity contribution in [1.82, 2.24) is 14.5 Å². The molecule has 160 valence electrons. The number of allylic oxidation sites excluding steroid dienone is 1. The lowest BCUT2D eigenvalue weighted by molar-refractivity contribution is -0.116. The summed E-state index contributed by atoms with van der Waals surface area (Å²) in [6.07, 6.45) is 3.61. The highest BCUT2D eigenvalue weighted by atomic mass is 19.1. The number of amides is 1. The van der Waals surface area contributed by atoms with Gasteiger partial charge >= 0.3 is 0 Å². The molecule has 2 aromatic heterocycles. The van der Waals surface area contributed by atoms with Gasteiger partial charge in [0.25, 0.3) is 0 Å². The number of rotatable bonds is 5. The van der Waals surface area contributed by atoms with Gasteiger partial charge in [-0.2, -0.15) is 5.26 Å². The Morgan fingerprint density at radius 2 is 1.85 bits per heavy atom. The first-order valence-corrected chi connectivity index (χ1v) is 10.3. The molecule has 0 radical (unpaired) electrons. The molecular formula is C26H18FN5O. The van der Waals surface area contributed by atoms with E-state index in [0.29, 0.717) is 17.1 Å². The van der Waals surface area contributed by atoms with E-state index in [1.54, 1.807) is 6.08 Å². The third kappa shape index (κ3) is 4.10. The van der Waals surface area contributed by atoms with Crippen molar-refractivity contribution in [3.63, 3.8) is 0 Å². The number of nitrogens with one attached hydrogen (secondary N) is 2. The summed E-state index contributed by atoms with van der Waals surface area (Å²) in [5.74, 6) is -0.112. The highest BCUT2D eigenvalue weighted by Crippen LogP contribution is 2.26. The van der Waals surface area contributed by atoms with E-state index in [1.807, 2.05) is 59.3 Å². The van der Waals surface area contributed by atoms with Gasteiger partial charge < -0.3 is 14.9 Å². The molecule has 0 fully saturated rings. The third-order valence-electron chi connectivity index (χ3n) is 5.33. The predicted octanol–water partition coefficient (Wildman–Crippen LogP) is 5.36. The Bertz CT molecular complexity index is 1520. The summed E-state index contributed by atoms with van der Waals surface area (Å²) >= 11 is 0. The number of imidazole rings is 1. The first-order chi connectivity index (χ1) is 16.1. The van der Waals surface area contributed by atoms with Gasteiger partial charge in [-0.15, -0.1) is 0 Å². The predicted molar refractivity (Wildman–Crippen MR) is 127 cm³/mol. The highest BCUT2D eigenvalue weighted by Gasteiger charge is 2.13. The highest BCUT2D eigenvalue weighted by molar-refractivity contribution is 5.99. The molecule has 0 atom stereocenters. The molecule has 7 heteroatoms. The number of H-pyrrole nitrogens is 1. The Labute approximate surface area is 188 Å². The van der Waals surface area contributed by atoms with Crippen molar-refractivity contribution in [1.29, 1.82) is 5.26 Å². The smallest absolute Gasteiger partial charge is 0.244 e. The molecule has 0 unspecified atom stereocenters. The SMILES string of the molecule is N#CC(=Cc1cn(CC(=O)Nc2ccc(F)cc2)c2ccccc12)c1nc2ccccc2[nH]1. The van der Waals surface area contributed by atoms with Gasteiger partial charge in [0.15, 0.2) is 0 Å². The van der Waals surface area contributed by atoms with Crippen molar-refractivity contribution >= 4 is 45.2 Å². The molecule has 0 aliphatic heterocycles. The Hall–Kier alpha value is -4.70. The Morgan fingerprint density at radius 3 is 2.64 bits per heavy atom. The zero-order chi connectivity index (χ0) is 22.8. The minimum absolute atomic E-state index is 0.0677. The second-order valence-corrected chi connectivity index (χ2v) is 7.56. The van der Waals surface area contributed by atoms with Crippen LogP contribution in [0, 0.1) is 17.1 Å². The Balaban J connectivity index is 1.48. The second-order valence-electron chi connectivity index (χ2n) is 7.56. The van der Waals surface area contributed by atoms with Gasteiger partial charge in [-0.25, -0.2) is 9.37 Å². The molecule has 0 aliphatic rings. The summed E-state index contributed by atoms with van der Waals surface area (Å²) in [5.41, 5.74) is 4.22. The maximum atomic E-state index is 13.1. The van der Waals surface area contributed by atoms with Crippen LogP contribution in [0.4, 0.5) is 10.1 Å². The van der Waals surface area contributed by atoms with E-state index in [0.717, 1.165) is 27.5 Å². The fourth-order valence-electron chi connectivity index (χ4n) is 3.80. The molecule has 5 rings (SSSR count). The summed E-state index contributed by atoms with van der Waals surface area (Å²) in [6.45, 7) is 0.0677. The quantitative estimate of drug-likeness (QED) is 0.365. The van der Waals surface area contributed by atoms with Crippen molar-refractivity contribution in [3.05, 3.63) is 96.2 Å². The van der Waals surface area contributed by atoms with Crippen LogP contribution in [0.3, 0.4) is 0 Å². The largest absolute Gasteiger partial charge is 0.337 e. The van der Waals surface area contributed by atoms with Crippen LogP contribution in [0.5, 0.6) is 0 Å². The summed E-state index contributed by atoms with van der Waals surface area (Å²) in [4.78, 5) is 20.3. The number of hydrogen-bond acceptors (Lipinski definition) is 3. The molecule has 2 heterocycles. The molecule has 0 spiro atoms. The van der Waals surface area contributed by atoms with Crippen molar-refractivity contribution in [2.45, 2.75) is 6.54 Å². The second kappa shape index (κ2) is 8.44. The number of aromatic nitrogens is 3. The number of fused-ring (bicyclic) bond motifs is 2. The topological polar surface area (TPSA) is 86.5 Å². The minimum Gasteiger partial charge on any atom is -0.337 e. The number of nitriles is 1. The fraction of sp³-hybridized carbons (Fsp3) is 0.0385. The van der Waals surface area contributed by atoms with Crippen LogP contribution >= 0.6 is 0 Å². The molecule has 5 aromatic rings. The lowest BCUT2D eigenvalue weighted by atomic mass is 10.1. The first-order valence-electron chi connectivity index (χ1n) is 10.3. The van der Waals surface area contributed by atoms with E-state index in [-0.39, 0.29) is 18.3 Å². The summed E-state index contributed by atoms with van der Waals surface area (Å²) < 4.78 is 14.9. The van der Waals surface area contributed by atoms with E-state index >= 15 is 0 Å². The lowest BCUT2D eigenvalue weighted by Gasteiger charge is -2.07. The fourth-order valence-corrected chi connectivity index (χ4v) is 3.80. The van der Waals surface area contributed by atoms with Gasteiger partial charge in [-0.1, -0.05) is 30.3 Å². The van der Waals surface area contributed by atoms with E-state index in [1.165, 1.54) is 24.3 Å². The van der Waals surface area contributed by atoms with E-state index in [4.69, 9.17) is 0 Å². The van der Waals surface area contributed by atoms with Crippen LogP contribution in [0.25, 0.3) is 33.6 Å². The molecule has 0 saturated carbocycles.